The van der Waals surface area contributed by atoms with Gasteiger partial charge in [0.1, 0.15) is 5.75 Å². The van der Waals surface area contributed by atoms with Gasteiger partial charge in [0.25, 0.3) is 5.56 Å². The second-order valence-electron chi connectivity index (χ2n) is 9.57. The molecule has 3 aromatic carbocycles. The number of rotatable bonds is 8. The summed E-state index contributed by atoms with van der Waals surface area (Å²) in [7, 11) is 3.25. The molecule has 4 rings (SSSR count). The zero-order valence-corrected chi connectivity index (χ0v) is 24.3. The Balaban J connectivity index is 1.94. The fraction of sp³-hybridized carbons (Fsp3) is 0.300. The van der Waals surface area contributed by atoms with Crippen LogP contribution in [0, 0.1) is 6.92 Å². The van der Waals surface area contributed by atoms with Gasteiger partial charge < -0.3 is 14.2 Å². The SMILES string of the molecule is COc1cc(C=Nn2c(-c3cc(C(C)C)c(OC)cc3C)nc3ccccc3c2=O)c(Br)cc1OC(C)C. The highest BCUT2D eigenvalue weighted by atomic mass is 79.9. The molecule has 1 aromatic heterocycles. The highest BCUT2D eigenvalue weighted by Crippen LogP contribution is 2.35. The van der Waals surface area contributed by atoms with Gasteiger partial charge in [-0.25, -0.2) is 4.98 Å². The molecule has 0 saturated carbocycles. The van der Waals surface area contributed by atoms with Crippen molar-refractivity contribution < 1.29 is 14.2 Å². The Morgan fingerprint density at radius 1 is 0.974 bits per heavy atom. The largest absolute Gasteiger partial charge is 0.496 e. The lowest BCUT2D eigenvalue weighted by atomic mass is 9.96. The summed E-state index contributed by atoms with van der Waals surface area (Å²) in [6.07, 6.45) is 1.61. The molecule has 0 radical (unpaired) electrons. The van der Waals surface area contributed by atoms with E-state index in [1.54, 1.807) is 26.5 Å². The number of ether oxygens (including phenoxy) is 3. The molecule has 0 spiro atoms. The lowest BCUT2D eigenvalue weighted by Gasteiger charge is -2.17. The van der Waals surface area contributed by atoms with E-state index in [4.69, 9.17) is 19.2 Å². The van der Waals surface area contributed by atoms with Gasteiger partial charge in [-0.1, -0.05) is 26.0 Å². The molecule has 0 aliphatic heterocycles. The number of aryl methyl sites for hydroxylation is 1. The van der Waals surface area contributed by atoms with Crippen LogP contribution < -0.4 is 19.8 Å². The number of nitrogens with zero attached hydrogens (tertiary/aromatic N) is 3. The predicted octanol–water partition coefficient (Wildman–Crippen LogP) is 6.94. The van der Waals surface area contributed by atoms with Gasteiger partial charge in [-0.05, 0) is 90.1 Å². The first-order valence-corrected chi connectivity index (χ1v) is 13.2. The second-order valence-corrected chi connectivity index (χ2v) is 10.4. The number of para-hydroxylation sites is 1. The van der Waals surface area contributed by atoms with Crippen molar-refractivity contribution in [3.63, 3.8) is 0 Å². The Hall–Kier alpha value is -3.65. The predicted molar refractivity (Wildman–Crippen MR) is 156 cm³/mol. The number of hydrogen-bond acceptors (Lipinski definition) is 6. The Morgan fingerprint density at radius 2 is 1.68 bits per heavy atom. The monoisotopic (exact) mass is 577 g/mol. The molecular weight excluding hydrogens is 546 g/mol. The van der Waals surface area contributed by atoms with Crippen molar-refractivity contribution in [3.8, 4) is 28.6 Å². The third-order valence-corrected chi connectivity index (χ3v) is 6.84. The standard InChI is InChI=1S/C30H32BrN3O4/c1-17(2)22-14-23(19(5)12-26(22)36-6)29-33-25-11-9-8-10-21(25)30(35)34(29)32-16-20-13-27(37-7)28(15-24(20)31)38-18(3)4/h8-18H,1-7H3. The van der Waals surface area contributed by atoms with Crippen molar-refractivity contribution in [2.24, 2.45) is 5.10 Å². The molecule has 198 valence electrons. The summed E-state index contributed by atoms with van der Waals surface area (Å²) in [5, 5.41) is 5.13. The van der Waals surface area contributed by atoms with Crippen molar-refractivity contribution in [1.82, 2.24) is 9.66 Å². The molecule has 0 aliphatic rings. The van der Waals surface area contributed by atoms with Crippen LogP contribution in [0.3, 0.4) is 0 Å². The average molecular weight is 579 g/mol. The van der Waals surface area contributed by atoms with Crippen LogP contribution in [-0.4, -0.2) is 36.2 Å². The summed E-state index contributed by atoms with van der Waals surface area (Å²) in [5.74, 6) is 2.66. The maximum Gasteiger partial charge on any atom is 0.282 e. The van der Waals surface area contributed by atoms with Crippen molar-refractivity contribution in [1.29, 1.82) is 0 Å². The molecule has 0 amide bonds. The first-order chi connectivity index (χ1) is 18.1. The third kappa shape index (κ3) is 5.45. The quantitative estimate of drug-likeness (QED) is 0.212. The fourth-order valence-corrected chi connectivity index (χ4v) is 4.67. The molecule has 4 aromatic rings. The molecule has 38 heavy (non-hydrogen) atoms. The molecule has 1 heterocycles. The zero-order chi connectivity index (χ0) is 27.6. The third-order valence-electron chi connectivity index (χ3n) is 6.15. The van der Waals surface area contributed by atoms with E-state index in [9.17, 15) is 4.79 Å². The first-order valence-electron chi connectivity index (χ1n) is 12.4. The lowest BCUT2D eigenvalue weighted by molar-refractivity contribution is 0.230. The Kier molecular flexibility index (Phi) is 8.21. The van der Waals surface area contributed by atoms with Crippen molar-refractivity contribution in [2.75, 3.05) is 14.2 Å². The molecule has 0 unspecified atom stereocenters. The van der Waals surface area contributed by atoms with Crippen LogP contribution in [0.2, 0.25) is 0 Å². The molecule has 0 N–H and O–H groups in total. The van der Waals surface area contributed by atoms with Crippen molar-refractivity contribution >= 4 is 33.0 Å². The maximum absolute atomic E-state index is 13.7. The number of benzene rings is 3. The minimum absolute atomic E-state index is 0.0106. The first kappa shape index (κ1) is 27.4. The summed E-state index contributed by atoms with van der Waals surface area (Å²) < 4.78 is 19.2. The molecule has 0 atom stereocenters. The number of fused-ring (bicyclic) bond motifs is 1. The summed E-state index contributed by atoms with van der Waals surface area (Å²) >= 11 is 3.60. The van der Waals surface area contributed by atoms with Gasteiger partial charge in [0.15, 0.2) is 17.3 Å². The minimum Gasteiger partial charge on any atom is -0.496 e. The van der Waals surface area contributed by atoms with E-state index in [2.05, 4.69) is 34.9 Å². The zero-order valence-electron chi connectivity index (χ0n) is 22.7. The molecule has 8 heteroatoms. The normalized spacial score (nSPS) is 11.6. The van der Waals surface area contributed by atoms with E-state index in [1.165, 1.54) is 4.68 Å². The van der Waals surface area contributed by atoms with Gasteiger partial charge in [0.05, 0.1) is 37.4 Å². The molecule has 7 nitrogen and oxygen atoms in total. The average Bonchev–Trinajstić information content (AvgIpc) is 2.88. The highest BCUT2D eigenvalue weighted by Gasteiger charge is 2.19. The van der Waals surface area contributed by atoms with E-state index < -0.39 is 0 Å². The number of aromatic nitrogens is 2. The Labute approximate surface area is 231 Å². The van der Waals surface area contributed by atoms with E-state index in [-0.39, 0.29) is 17.6 Å². The van der Waals surface area contributed by atoms with Crippen LogP contribution in [0.5, 0.6) is 17.2 Å². The van der Waals surface area contributed by atoms with Crippen LogP contribution in [0.15, 0.2) is 62.9 Å². The lowest BCUT2D eigenvalue weighted by Crippen LogP contribution is -2.21. The van der Waals surface area contributed by atoms with Crippen LogP contribution in [-0.2, 0) is 0 Å². The summed E-state index contributed by atoms with van der Waals surface area (Å²) in [6.45, 7) is 10.1. The number of hydrogen-bond donors (Lipinski definition) is 0. The number of methoxy groups -OCH3 is 2. The minimum atomic E-state index is -0.258. The molecule has 0 bridgehead atoms. The summed E-state index contributed by atoms with van der Waals surface area (Å²) in [6, 6.07) is 15.0. The van der Waals surface area contributed by atoms with Crippen LogP contribution in [0.1, 0.15) is 50.3 Å². The smallest absolute Gasteiger partial charge is 0.282 e. The molecule has 0 fully saturated rings. The van der Waals surface area contributed by atoms with Gasteiger partial charge in [-0.2, -0.15) is 9.78 Å². The van der Waals surface area contributed by atoms with Gasteiger partial charge in [-0.15, -0.1) is 0 Å². The van der Waals surface area contributed by atoms with Crippen LogP contribution in [0.25, 0.3) is 22.3 Å². The van der Waals surface area contributed by atoms with Crippen molar-refractivity contribution in [3.05, 3.63) is 80.0 Å². The fourth-order valence-electron chi connectivity index (χ4n) is 4.25. The topological polar surface area (TPSA) is 74.9 Å². The molecule has 0 aliphatic carbocycles. The van der Waals surface area contributed by atoms with E-state index >= 15 is 0 Å². The second kappa shape index (κ2) is 11.4. The van der Waals surface area contributed by atoms with Gasteiger partial charge in [-0.3, -0.25) is 4.79 Å². The Morgan fingerprint density at radius 3 is 2.34 bits per heavy atom. The van der Waals surface area contributed by atoms with Gasteiger partial charge in [0.2, 0.25) is 0 Å². The Bertz CT molecular complexity index is 1570. The van der Waals surface area contributed by atoms with E-state index in [0.717, 1.165) is 32.5 Å². The van der Waals surface area contributed by atoms with Crippen LogP contribution >= 0.6 is 15.9 Å². The summed E-state index contributed by atoms with van der Waals surface area (Å²) in [4.78, 5) is 18.6. The highest BCUT2D eigenvalue weighted by molar-refractivity contribution is 9.10. The van der Waals surface area contributed by atoms with E-state index in [1.807, 2.05) is 63.2 Å². The molecule has 0 saturated heterocycles. The maximum atomic E-state index is 13.7. The van der Waals surface area contributed by atoms with Gasteiger partial charge >= 0.3 is 0 Å². The summed E-state index contributed by atoms with van der Waals surface area (Å²) in [5.41, 5.74) is 3.84. The van der Waals surface area contributed by atoms with E-state index in [0.29, 0.717) is 28.2 Å². The number of halogens is 1. The molecular formula is C30H32BrN3O4. The van der Waals surface area contributed by atoms with Crippen molar-refractivity contribution in [2.45, 2.75) is 46.6 Å². The van der Waals surface area contributed by atoms with Gasteiger partial charge in [0, 0.05) is 15.6 Å². The van der Waals surface area contributed by atoms with Crippen LogP contribution in [0.4, 0.5) is 0 Å².